The Bertz CT molecular complexity index is 483. The van der Waals surface area contributed by atoms with E-state index in [1.165, 1.54) is 17.7 Å². The summed E-state index contributed by atoms with van der Waals surface area (Å²) < 4.78 is 0. The van der Waals surface area contributed by atoms with Crippen LogP contribution in [0.5, 0.6) is 0 Å². The second kappa shape index (κ2) is 5.87. The van der Waals surface area contributed by atoms with Crippen molar-refractivity contribution in [2.24, 2.45) is 5.73 Å². The Balaban J connectivity index is 2.50. The van der Waals surface area contributed by atoms with E-state index in [9.17, 15) is 0 Å². The highest BCUT2D eigenvalue weighted by Gasteiger charge is 2.22. The van der Waals surface area contributed by atoms with Gasteiger partial charge < -0.3 is 10.6 Å². The molecule has 0 unspecified atom stereocenters. The first kappa shape index (κ1) is 14.3. The Morgan fingerprint density at radius 3 is 2.79 bits per heavy atom. The van der Waals surface area contributed by atoms with Crippen LogP contribution in [0.2, 0.25) is 0 Å². The average Bonchev–Trinajstić information content (AvgIpc) is 2.81. The van der Waals surface area contributed by atoms with Crippen LogP contribution >= 0.6 is 12.2 Å². The fraction of sp³-hybridized carbons (Fsp3) is 0.600. The molecular weight excluding hydrogens is 254 g/mol. The molecule has 0 bridgehead atoms. The van der Waals surface area contributed by atoms with Gasteiger partial charge in [0.25, 0.3) is 0 Å². The van der Waals surface area contributed by atoms with Gasteiger partial charge in [0.15, 0.2) is 0 Å². The normalized spacial score (nSPS) is 13.7. The van der Waals surface area contributed by atoms with Crippen LogP contribution in [0, 0.1) is 0 Å². The standard InChI is InChI=1S/C15H23N3S/c1-4-8-18(10(2)3)15-12(14(16)19)9-11-6-5-7-13(11)17-15/h9-10H,4-8H2,1-3H3,(H2,16,19). The van der Waals surface area contributed by atoms with Crippen molar-refractivity contribution in [1.29, 1.82) is 0 Å². The van der Waals surface area contributed by atoms with Gasteiger partial charge in [0, 0.05) is 18.3 Å². The third-order valence-electron chi connectivity index (χ3n) is 3.66. The zero-order valence-corrected chi connectivity index (χ0v) is 12.9. The Labute approximate surface area is 121 Å². The number of fused-ring (bicyclic) bond motifs is 1. The maximum atomic E-state index is 5.91. The lowest BCUT2D eigenvalue weighted by molar-refractivity contribution is 0.660. The molecular formula is C15H23N3S. The van der Waals surface area contributed by atoms with Crippen molar-refractivity contribution in [2.75, 3.05) is 11.4 Å². The van der Waals surface area contributed by atoms with Gasteiger partial charge in [-0.15, -0.1) is 0 Å². The van der Waals surface area contributed by atoms with Gasteiger partial charge in [-0.2, -0.15) is 0 Å². The lowest BCUT2D eigenvalue weighted by Gasteiger charge is -2.29. The van der Waals surface area contributed by atoms with E-state index in [4.69, 9.17) is 22.9 Å². The number of rotatable bonds is 5. The fourth-order valence-electron chi connectivity index (χ4n) is 2.71. The molecule has 0 fully saturated rings. The lowest BCUT2D eigenvalue weighted by Crippen LogP contribution is -2.34. The summed E-state index contributed by atoms with van der Waals surface area (Å²) in [7, 11) is 0. The molecule has 19 heavy (non-hydrogen) atoms. The van der Waals surface area contributed by atoms with Crippen LogP contribution in [0.3, 0.4) is 0 Å². The maximum Gasteiger partial charge on any atom is 0.139 e. The van der Waals surface area contributed by atoms with Crippen molar-refractivity contribution in [3.05, 3.63) is 22.9 Å². The molecule has 1 heterocycles. The van der Waals surface area contributed by atoms with Crippen LogP contribution in [0.1, 0.15) is 50.4 Å². The number of hydrogen-bond donors (Lipinski definition) is 1. The first-order chi connectivity index (χ1) is 9.04. The quantitative estimate of drug-likeness (QED) is 0.840. The highest BCUT2D eigenvalue weighted by Crippen LogP contribution is 2.28. The Kier molecular flexibility index (Phi) is 4.40. The Hall–Kier alpha value is -1.16. The van der Waals surface area contributed by atoms with E-state index in [0.29, 0.717) is 11.0 Å². The second-order valence-corrected chi connectivity index (χ2v) is 5.91. The molecule has 1 aromatic heterocycles. The SMILES string of the molecule is CCCN(c1nc2c(cc1C(N)=S)CCC2)C(C)C. The number of hydrogen-bond acceptors (Lipinski definition) is 3. The number of nitrogens with zero attached hydrogens (tertiary/aromatic N) is 2. The number of aryl methyl sites for hydroxylation is 2. The molecule has 2 N–H and O–H groups in total. The molecule has 0 atom stereocenters. The van der Waals surface area contributed by atoms with Crippen molar-refractivity contribution >= 4 is 23.0 Å². The molecule has 4 heteroatoms. The Morgan fingerprint density at radius 1 is 1.47 bits per heavy atom. The molecule has 0 radical (unpaired) electrons. The van der Waals surface area contributed by atoms with Gasteiger partial charge in [-0.1, -0.05) is 19.1 Å². The van der Waals surface area contributed by atoms with Crippen LogP contribution in [-0.2, 0) is 12.8 Å². The van der Waals surface area contributed by atoms with Crippen molar-refractivity contribution in [3.63, 3.8) is 0 Å². The molecule has 2 rings (SSSR count). The molecule has 0 spiro atoms. The van der Waals surface area contributed by atoms with E-state index in [0.717, 1.165) is 37.2 Å². The smallest absolute Gasteiger partial charge is 0.139 e. The van der Waals surface area contributed by atoms with Gasteiger partial charge >= 0.3 is 0 Å². The minimum atomic E-state index is 0.403. The summed E-state index contributed by atoms with van der Waals surface area (Å²) in [4.78, 5) is 7.64. The summed E-state index contributed by atoms with van der Waals surface area (Å²) in [5.74, 6) is 0.977. The largest absolute Gasteiger partial charge is 0.389 e. The lowest BCUT2D eigenvalue weighted by atomic mass is 10.1. The van der Waals surface area contributed by atoms with Crippen LogP contribution in [-0.4, -0.2) is 22.6 Å². The van der Waals surface area contributed by atoms with Gasteiger partial charge in [-0.25, -0.2) is 4.98 Å². The van der Waals surface area contributed by atoms with Crippen molar-refractivity contribution < 1.29 is 0 Å². The number of pyridine rings is 1. The van der Waals surface area contributed by atoms with Crippen LogP contribution in [0.4, 0.5) is 5.82 Å². The first-order valence-corrected chi connectivity index (χ1v) is 7.54. The van der Waals surface area contributed by atoms with Gasteiger partial charge in [-0.3, -0.25) is 0 Å². The molecule has 1 aliphatic rings. The zero-order chi connectivity index (χ0) is 14.0. The summed E-state index contributed by atoms with van der Waals surface area (Å²) in [5, 5.41) is 0. The molecule has 0 aromatic carbocycles. The van der Waals surface area contributed by atoms with E-state index in [1.807, 2.05) is 0 Å². The monoisotopic (exact) mass is 277 g/mol. The van der Waals surface area contributed by atoms with E-state index in [2.05, 4.69) is 31.7 Å². The molecule has 0 saturated carbocycles. The number of aromatic nitrogens is 1. The van der Waals surface area contributed by atoms with E-state index in [1.54, 1.807) is 0 Å². The van der Waals surface area contributed by atoms with Crippen molar-refractivity contribution in [3.8, 4) is 0 Å². The van der Waals surface area contributed by atoms with Crippen LogP contribution in [0.15, 0.2) is 6.07 Å². The fourth-order valence-corrected chi connectivity index (χ4v) is 2.86. The maximum absolute atomic E-state index is 5.91. The average molecular weight is 277 g/mol. The first-order valence-electron chi connectivity index (χ1n) is 7.13. The topological polar surface area (TPSA) is 42.2 Å². The van der Waals surface area contributed by atoms with E-state index >= 15 is 0 Å². The summed E-state index contributed by atoms with van der Waals surface area (Å²) >= 11 is 5.22. The van der Waals surface area contributed by atoms with Crippen molar-refractivity contribution in [1.82, 2.24) is 4.98 Å². The molecule has 0 saturated heterocycles. The highest BCUT2D eigenvalue weighted by molar-refractivity contribution is 7.80. The number of thiocarbonyl (C=S) groups is 1. The van der Waals surface area contributed by atoms with E-state index < -0.39 is 0 Å². The van der Waals surface area contributed by atoms with Gasteiger partial charge in [0.1, 0.15) is 10.8 Å². The summed E-state index contributed by atoms with van der Waals surface area (Å²) in [6.07, 6.45) is 4.47. The summed E-state index contributed by atoms with van der Waals surface area (Å²) in [6, 6.07) is 2.57. The number of anilines is 1. The third kappa shape index (κ3) is 2.89. The highest BCUT2D eigenvalue weighted by atomic mass is 32.1. The van der Waals surface area contributed by atoms with Crippen LogP contribution in [0.25, 0.3) is 0 Å². The molecule has 0 aliphatic heterocycles. The molecule has 0 amide bonds. The third-order valence-corrected chi connectivity index (χ3v) is 3.88. The molecule has 1 aliphatic carbocycles. The second-order valence-electron chi connectivity index (χ2n) is 5.47. The summed E-state index contributed by atoms with van der Waals surface area (Å²) in [6.45, 7) is 7.55. The predicted octanol–water partition coefficient (Wildman–Crippen LogP) is 2.83. The Morgan fingerprint density at radius 2 is 2.21 bits per heavy atom. The van der Waals surface area contributed by atoms with Gasteiger partial charge in [-0.05, 0) is 51.2 Å². The zero-order valence-electron chi connectivity index (χ0n) is 12.1. The molecule has 104 valence electrons. The van der Waals surface area contributed by atoms with Crippen LogP contribution < -0.4 is 10.6 Å². The summed E-state index contributed by atoms with van der Waals surface area (Å²) in [5.41, 5.74) is 9.41. The minimum Gasteiger partial charge on any atom is -0.389 e. The minimum absolute atomic E-state index is 0.403. The van der Waals surface area contributed by atoms with Crippen molar-refractivity contribution in [2.45, 2.75) is 52.5 Å². The van der Waals surface area contributed by atoms with Gasteiger partial charge in [0.2, 0.25) is 0 Å². The molecule has 3 nitrogen and oxygen atoms in total. The van der Waals surface area contributed by atoms with Gasteiger partial charge in [0.05, 0.1) is 5.56 Å². The van der Waals surface area contributed by atoms with E-state index in [-0.39, 0.29) is 0 Å². The molecule has 1 aromatic rings. The predicted molar refractivity (Wildman–Crippen MR) is 84.9 cm³/mol. The number of nitrogens with two attached hydrogens (primary N) is 1.